The molecule has 3 heterocycles. The predicted molar refractivity (Wildman–Crippen MR) is 117 cm³/mol. The van der Waals surface area contributed by atoms with Crippen LogP contribution in [0.5, 0.6) is 0 Å². The van der Waals surface area contributed by atoms with Gasteiger partial charge in [0.15, 0.2) is 17.5 Å². The summed E-state index contributed by atoms with van der Waals surface area (Å²) in [6.45, 7) is 0. The van der Waals surface area contributed by atoms with Crippen LogP contribution in [-0.4, -0.2) is 56.4 Å². The van der Waals surface area contributed by atoms with Crippen molar-refractivity contribution >= 4 is 24.1 Å². The third-order valence-corrected chi connectivity index (χ3v) is 4.14. The average molecular weight is 400 g/mol. The minimum Gasteiger partial charge on any atom is -0.344 e. The average Bonchev–Trinajstić information content (AvgIpc) is 3.50. The fourth-order valence-electron chi connectivity index (χ4n) is 2.57. The molecule has 0 amide bonds. The van der Waals surface area contributed by atoms with Crippen LogP contribution >= 0.6 is 0 Å². The van der Waals surface area contributed by atoms with Gasteiger partial charge in [0.25, 0.3) is 0 Å². The van der Waals surface area contributed by atoms with Gasteiger partial charge in [0.1, 0.15) is 11.6 Å². The molecule has 0 aliphatic rings. The van der Waals surface area contributed by atoms with Crippen molar-refractivity contribution in [1.29, 1.82) is 0 Å². The van der Waals surface area contributed by atoms with Gasteiger partial charge in [0.2, 0.25) is 0 Å². The predicted octanol–water partition coefficient (Wildman–Crippen LogP) is 2.53. The van der Waals surface area contributed by atoms with Crippen molar-refractivity contribution in [3.05, 3.63) is 72.8 Å². The minimum atomic E-state index is 0.572. The first kappa shape index (κ1) is 19.0. The Balaban J connectivity index is 1.67. The summed E-state index contributed by atoms with van der Waals surface area (Å²) in [5.74, 6) is 3.10. The number of hydrazone groups is 2. The number of H-pyrrole nitrogens is 2. The number of hydrogen-bond donors (Lipinski definition) is 2. The topological polar surface area (TPSA) is 114 Å². The van der Waals surface area contributed by atoms with E-state index in [1.165, 1.54) is 0 Å². The molecule has 0 bridgehead atoms. The summed E-state index contributed by atoms with van der Waals surface area (Å²) in [6, 6.07) is 11.6. The summed E-state index contributed by atoms with van der Waals surface area (Å²) in [6.07, 6.45) is 10.1. The maximum Gasteiger partial charge on any atom is 0.164 e. The van der Waals surface area contributed by atoms with E-state index in [4.69, 9.17) is 0 Å². The molecule has 0 spiro atoms. The summed E-state index contributed by atoms with van der Waals surface area (Å²) >= 11 is 0. The first-order valence-corrected chi connectivity index (χ1v) is 9.18. The van der Waals surface area contributed by atoms with E-state index >= 15 is 0 Å². The molecular formula is C20H20N10. The number of rotatable bonds is 7. The van der Waals surface area contributed by atoms with E-state index in [-0.39, 0.29) is 0 Å². The maximum atomic E-state index is 4.67. The van der Waals surface area contributed by atoms with Crippen LogP contribution in [0.1, 0.15) is 11.6 Å². The molecule has 0 atom stereocenters. The number of benzene rings is 1. The van der Waals surface area contributed by atoms with Crippen LogP contribution in [0, 0.1) is 0 Å². The second-order valence-electron chi connectivity index (χ2n) is 6.26. The van der Waals surface area contributed by atoms with E-state index < -0.39 is 0 Å². The normalized spacial score (nSPS) is 11.4. The molecule has 0 saturated heterocycles. The van der Waals surface area contributed by atoms with Crippen LogP contribution in [0.25, 0.3) is 11.4 Å². The van der Waals surface area contributed by atoms with Gasteiger partial charge in [-0.05, 0) is 0 Å². The molecule has 1 aromatic carbocycles. The first-order chi connectivity index (χ1) is 14.7. The van der Waals surface area contributed by atoms with Crippen LogP contribution in [-0.2, 0) is 0 Å². The third-order valence-electron chi connectivity index (χ3n) is 4.14. The molecule has 0 radical (unpaired) electrons. The quantitative estimate of drug-likeness (QED) is 0.364. The zero-order chi connectivity index (χ0) is 20.8. The fraction of sp³-hybridized carbons (Fsp3) is 0.100. The van der Waals surface area contributed by atoms with Crippen molar-refractivity contribution < 1.29 is 0 Å². The second kappa shape index (κ2) is 8.78. The number of nitrogens with one attached hydrogen (secondary N) is 2. The largest absolute Gasteiger partial charge is 0.344 e. The van der Waals surface area contributed by atoms with E-state index in [2.05, 4.69) is 40.1 Å². The lowest BCUT2D eigenvalue weighted by Gasteiger charge is -2.17. The van der Waals surface area contributed by atoms with Crippen molar-refractivity contribution in [2.24, 2.45) is 10.2 Å². The summed E-state index contributed by atoms with van der Waals surface area (Å²) in [4.78, 5) is 23.6. The number of nitrogens with zero attached hydrogens (tertiary/aromatic N) is 8. The monoisotopic (exact) mass is 400 g/mol. The maximum absolute atomic E-state index is 4.67. The van der Waals surface area contributed by atoms with Gasteiger partial charge in [-0.15, -0.1) is 0 Å². The lowest BCUT2D eigenvalue weighted by Crippen LogP contribution is -2.16. The van der Waals surface area contributed by atoms with Crippen LogP contribution in [0.4, 0.5) is 11.6 Å². The molecule has 150 valence electrons. The number of hydrogen-bond acceptors (Lipinski definition) is 8. The number of aromatic amines is 2. The highest BCUT2D eigenvalue weighted by Gasteiger charge is 2.12. The van der Waals surface area contributed by atoms with Gasteiger partial charge >= 0.3 is 0 Å². The smallest absolute Gasteiger partial charge is 0.164 e. The standard InChI is InChI=1S/C20H20N10/c1-29(25-13-16-21-8-9-22-16)18-12-19(30(2)26-14-17-23-10-11-24-17)28-20(27-18)15-6-4-3-5-7-15/h3-14H,1-2H3,(H,21,22)(H,23,24)/b25-13+,26-14+. The van der Waals surface area contributed by atoms with E-state index in [0.717, 1.165) is 5.56 Å². The summed E-state index contributed by atoms with van der Waals surface area (Å²) in [5, 5.41) is 12.1. The Morgan fingerprint density at radius 2 is 1.33 bits per heavy atom. The Kier molecular flexibility index (Phi) is 5.56. The van der Waals surface area contributed by atoms with Gasteiger partial charge in [0.05, 0.1) is 12.4 Å². The molecule has 3 aromatic heterocycles. The van der Waals surface area contributed by atoms with Crippen molar-refractivity contribution in [1.82, 2.24) is 29.9 Å². The minimum absolute atomic E-state index is 0.572. The van der Waals surface area contributed by atoms with Gasteiger partial charge in [-0.3, -0.25) is 10.0 Å². The van der Waals surface area contributed by atoms with E-state index in [0.29, 0.717) is 29.1 Å². The van der Waals surface area contributed by atoms with Gasteiger partial charge in [-0.1, -0.05) is 30.3 Å². The van der Waals surface area contributed by atoms with Crippen LogP contribution < -0.4 is 10.0 Å². The molecule has 0 fully saturated rings. The van der Waals surface area contributed by atoms with Gasteiger partial charge in [-0.25, -0.2) is 19.9 Å². The zero-order valence-corrected chi connectivity index (χ0v) is 16.5. The molecule has 2 N–H and O–H groups in total. The number of anilines is 2. The van der Waals surface area contributed by atoms with Crippen LogP contribution in [0.3, 0.4) is 0 Å². The molecule has 30 heavy (non-hydrogen) atoms. The van der Waals surface area contributed by atoms with Crippen LogP contribution in [0.15, 0.2) is 71.4 Å². The molecule has 0 aliphatic heterocycles. The third kappa shape index (κ3) is 4.55. The van der Waals surface area contributed by atoms with Gasteiger partial charge in [-0.2, -0.15) is 10.2 Å². The number of aromatic nitrogens is 6. The molecule has 4 aromatic rings. The molecule has 0 aliphatic carbocycles. The van der Waals surface area contributed by atoms with Gasteiger partial charge < -0.3 is 9.97 Å². The molecule has 10 heteroatoms. The summed E-state index contributed by atoms with van der Waals surface area (Å²) in [7, 11) is 3.62. The highest BCUT2D eigenvalue weighted by Crippen LogP contribution is 2.24. The highest BCUT2D eigenvalue weighted by molar-refractivity contribution is 5.76. The van der Waals surface area contributed by atoms with E-state index in [1.54, 1.807) is 47.2 Å². The number of imidazole rings is 2. The first-order valence-electron chi connectivity index (χ1n) is 9.18. The Bertz CT molecular complexity index is 1050. The van der Waals surface area contributed by atoms with Crippen molar-refractivity contribution in [2.75, 3.05) is 24.1 Å². The van der Waals surface area contributed by atoms with Gasteiger partial charge in [0, 0.05) is 50.5 Å². The van der Waals surface area contributed by atoms with E-state index in [1.807, 2.05) is 50.5 Å². The van der Waals surface area contributed by atoms with Crippen molar-refractivity contribution in [3.8, 4) is 11.4 Å². The lowest BCUT2D eigenvalue weighted by molar-refractivity contribution is 0.934. The molecule has 0 unspecified atom stereocenters. The lowest BCUT2D eigenvalue weighted by atomic mass is 10.2. The van der Waals surface area contributed by atoms with E-state index in [9.17, 15) is 0 Å². The Labute approximate surface area is 173 Å². The van der Waals surface area contributed by atoms with Crippen molar-refractivity contribution in [3.63, 3.8) is 0 Å². The second-order valence-corrected chi connectivity index (χ2v) is 6.26. The summed E-state index contributed by atoms with van der Waals surface area (Å²) in [5.41, 5.74) is 0.896. The Hall–Kier alpha value is -4.34. The molecule has 4 rings (SSSR count). The summed E-state index contributed by atoms with van der Waals surface area (Å²) < 4.78 is 0. The zero-order valence-electron chi connectivity index (χ0n) is 16.5. The molecule has 0 saturated carbocycles. The fourth-order valence-corrected chi connectivity index (χ4v) is 2.57. The van der Waals surface area contributed by atoms with Crippen molar-refractivity contribution in [2.45, 2.75) is 0 Å². The SMILES string of the molecule is CN(/N=C/c1ncc[nH]1)c1cc(N(C)/N=C/c2ncc[nH]2)nc(-c2ccccc2)n1. The Morgan fingerprint density at radius 3 is 1.80 bits per heavy atom. The highest BCUT2D eigenvalue weighted by atomic mass is 15.5. The molecule has 10 nitrogen and oxygen atoms in total. The van der Waals surface area contributed by atoms with Crippen LogP contribution in [0.2, 0.25) is 0 Å². The molecular weight excluding hydrogens is 380 g/mol. The Morgan fingerprint density at radius 1 is 0.800 bits per heavy atom.